The van der Waals surface area contributed by atoms with Crippen molar-refractivity contribution >= 4 is 11.0 Å². The Morgan fingerprint density at radius 3 is 2.74 bits per heavy atom. The molecule has 2 atom stereocenters. The van der Waals surface area contributed by atoms with Gasteiger partial charge >= 0.3 is 0 Å². The first-order chi connectivity index (χ1) is 8.99. The molecule has 0 aliphatic carbocycles. The Morgan fingerprint density at radius 1 is 1.32 bits per heavy atom. The van der Waals surface area contributed by atoms with E-state index in [4.69, 9.17) is 0 Å². The molecule has 1 heterocycles. The first-order valence-corrected chi connectivity index (χ1v) is 6.81. The highest BCUT2D eigenvalue weighted by atomic mass is 16.3. The van der Waals surface area contributed by atoms with E-state index >= 15 is 0 Å². The van der Waals surface area contributed by atoms with E-state index < -0.39 is 6.10 Å². The van der Waals surface area contributed by atoms with Crippen molar-refractivity contribution < 1.29 is 5.11 Å². The van der Waals surface area contributed by atoms with Crippen LogP contribution in [-0.4, -0.2) is 27.2 Å². The lowest BCUT2D eigenvalue weighted by atomic mass is 10.0. The number of rotatable bonds is 5. The van der Waals surface area contributed by atoms with E-state index in [1.54, 1.807) is 6.33 Å². The maximum Gasteiger partial charge on any atom is 0.0955 e. The van der Waals surface area contributed by atoms with E-state index in [1.165, 1.54) is 0 Å². The zero-order valence-corrected chi connectivity index (χ0v) is 12.1. The highest BCUT2D eigenvalue weighted by molar-refractivity contribution is 5.76. The summed E-state index contributed by atoms with van der Waals surface area (Å²) in [6, 6.07) is 5.98. The second-order valence-corrected chi connectivity index (χ2v) is 5.64. The van der Waals surface area contributed by atoms with Gasteiger partial charge in [0.2, 0.25) is 0 Å². The van der Waals surface area contributed by atoms with Crippen LogP contribution in [0.5, 0.6) is 0 Å². The minimum atomic E-state index is -0.509. The molecule has 19 heavy (non-hydrogen) atoms. The van der Waals surface area contributed by atoms with E-state index in [0.29, 0.717) is 5.92 Å². The Morgan fingerprint density at radius 2 is 2.05 bits per heavy atom. The van der Waals surface area contributed by atoms with Gasteiger partial charge in [-0.1, -0.05) is 19.9 Å². The number of hydrogen-bond donors (Lipinski definition) is 2. The molecule has 0 amide bonds. The Balaban J connectivity index is 2.14. The minimum absolute atomic E-state index is 0.0311. The van der Waals surface area contributed by atoms with Gasteiger partial charge in [-0.15, -0.1) is 0 Å². The lowest BCUT2D eigenvalue weighted by Gasteiger charge is -2.21. The molecule has 2 N–H and O–H groups in total. The summed E-state index contributed by atoms with van der Waals surface area (Å²) in [5.41, 5.74) is 2.92. The van der Waals surface area contributed by atoms with Crippen LogP contribution in [0.15, 0.2) is 24.5 Å². The van der Waals surface area contributed by atoms with Crippen LogP contribution in [0.25, 0.3) is 11.0 Å². The molecule has 104 valence electrons. The van der Waals surface area contributed by atoms with Crippen molar-refractivity contribution in [3.8, 4) is 0 Å². The monoisotopic (exact) mass is 261 g/mol. The van der Waals surface area contributed by atoms with Crippen molar-refractivity contribution in [2.24, 2.45) is 13.0 Å². The molecular weight excluding hydrogens is 238 g/mol. The number of aromatic nitrogens is 2. The van der Waals surface area contributed by atoms with Crippen LogP contribution in [0, 0.1) is 5.92 Å². The highest BCUT2D eigenvalue weighted by Gasteiger charge is 2.17. The lowest BCUT2D eigenvalue weighted by molar-refractivity contribution is 0.134. The van der Waals surface area contributed by atoms with E-state index in [0.717, 1.165) is 23.1 Å². The van der Waals surface area contributed by atoms with Crippen molar-refractivity contribution in [3.63, 3.8) is 0 Å². The predicted molar refractivity (Wildman–Crippen MR) is 78.0 cm³/mol. The third-order valence-corrected chi connectivity index (χ3v) is 3.41. The van der Waals surface area contributed by atoms with Crippen molar-refractivity contribution in [3.05, 3.63) is 30.1 Å². The number of aliphatic hydroxyl groups is 1. The normalized spacial score (nSPS) is 15.1. The van der Waals surface area contributed by atoms with E-state index in [-0.39, 0.29) is 6.04 Å². The first kappa shape index (κ1) is 14.0. The summed E-state index contributed by atoms with van der Waals surface area (Å²) in [5.74, 6) is 0.577. The third-order valence-electron chi connectivity index (χ3n) is 3.41. The third kappa shape index (κ3) is 3.14. The molecule has 1 aromatic carbocycles. The van der Waals surface area contributed by atoms with Gasteiger partial charge in [0, 0.05) is 13.1 Å². The Hall–Kier alpha value is -1.39. The molecule has 4 heteroatoms. The van der Waals surface area contributed by atoms with Crippen LogP contribution >= 0.6 is 0 Å². The Bertz CT molecular complexity index is 547. The Labute approximate surface area is 114 Å². The molecule has 0 aliphatic rings. The molecular formula is C15H23N3O. The number of aliphatic hydroxyl groups excluding tert-OH is 1. The lowest BCUT2D eigenvalue weighted by Crippen LogP contribution is -2.34. The van der Waals surface area contributed by atoms with Crippen LogP contribution in [-0.2, 0) is 7.05 Å². The summed E-state index contributed by atoms with van der Waals surface area (Å²) in [6.45, 7) is 7.23. The van der Waals surface area contributed by atoms with Gasteiger partial charge in [0.1, 0.15) is 0 Å². The minimum Gasteiger partial charge on any atom is -0.387 e. The van der Waals surface area contributed by atoms with Gasteiger partial charge in [-0.25, -0.2) is 4.98 Å². The van der Waals surface area contributed by atoms with Gasteiger partial charge in [0.25, 0.3) is 0 Å². The average Bonchev–Trinajstić information content (AvgIpc) is 2.76. The zero-order chi connectivity index (χ0) is 14.0. The van der Waals surface area contributed by atoms with Gasteiger partial charge in [0.05, 0.1) is 23.5 Å². The second-order valence-electron chi connectivity index (χ2n) is 5.64. The van der Waals surface area contributed by atoms with Crippen LogP contribution in [0.3, 0.4) is 0 Å². The summed E-state index contributed by atoms with van der Waals surface area (Å²) >= 11 is 0. The summed E-state index contributed by atoms with van der Waals surface area (Å²) in [7, 11) is 1.97. The predicted octanol–water partition coefficient (Wildman–Crippen LogP) is 2.24. The van der Waals surface area contributed by atoms with Crippen molar-refractivity contribution in [1.29, 1.82) is 0 Å². The summed E-state index contributed by atoms with van der Waals surface area (Å²) in [5, 5.41) is 13.7. The van der Waals surface area contributed by atoms with E-state index in [1.807, 2.05) is 36.7 Å². The fourth-order valence-electron chi connectivity index (χ4n) is 2.16. The maximum atomic E-state index is 10.4. The second kappa shape index (κ2) is 5.72. The molecule has 0 spiro atoms. The van der Waals surface area contributed by atoms with Gasteiger partial charge in [-0.05, 0) is 37.1 Å². The molecule has 0 radical (unpaired) electrons. The molecule has 0 bridgehead atoms. The van der Waals surface area contributed by atoms with Crippen molar-refractivity contribution in [2.75, 3.05) is 6.54 Å². The average molecular weight is 261 g/mol. The van der Waals surface area contributed by atoms with E-state index in [9.17, 15) is 5.11 Å². The number of benzene rings is 1. The zero-order valence-electron chi connectivity index (χ0n) is 12.1. The molecule has 2 unspecified atom stereocenters. The maximum absolute atomic E-state index is 10.4. The number of aryl methyl sites for hydroxylation is 1. The fourth-order valence-corrected chi connectivity index (χ4v) is 2.16. The highest BCUT2D eigenvalue weighted by Crippen LogP contribution is 2.21. The van der Waals surface area contributed by atoms with Crippen molar-refractivity contribution in [1.82, 2.24) is 14.9 Å². The van der Waals surface area contributed by atoms with Gasteiger partial charge in [-0.2, -0.15) is 0 Å². The van der Waals surface area contributed by atoms with Gasteiger partial charge in [-0.3, -0.25) is 0 Å². The number of fused-ring (bicyclic) bond motifs is 1. The van der Waals surface area contributed by atoms with Gasteiger partial charge < -0.3 is 15.0 Å². The largest absolute Gasteiger partial charge is 0.387 e. The molecule has 2 aromatic rings. The van der Waals surface area contributed by atoms with Crippen LogP contribution < -0.4 is 5.32 Å². The summed E-state index contributed by atoms with van der Waals surface area (Å²) in [6.07, 6.45) is 1.28. The topological polar surface area (TPSA) is 50.1 Å². The summed E-state index contributed by atoms with van der Waals surface area (Å²) < 4.78 is 1.98. The molecule has 0 saturated carbocycles. The van der Waals surface area contributed by atoms with E-state index in [2.05, 4.69) is 24.1 Å². The molecule has 2 rings (SSSR count). The molecule has 0 saturated heterocycles. The first-order valence-electron chi connectivity index (χ1n) is 6.81. The smallest absolute Gasteiger partial charge is 0.0955 e. The van der Waals surface area contributed by atoms with Crippen LogP contribution in [0.1, 0.15) is 32.4 Å². The van der Waals surface area contributed by atoms with Crippen LogP contribution in [0.4, 0.5) is 0 Å². The molecule has 1 aromatic heterocycles. The number of nitrogens with one attached hydrogen (secondary N) is 1. The Kier molecular flexibility index (Phi) is 4.22. The summed E-state index contributed by atoms with van der Waals surface area (Å²) in [4.78, 5) is 4.33. The fraction of sp³-hybridized carbons (Fsp3) is 0.533. The molecule has 4 nitrogen and oxygen atoms in total. The molecule has 0 fully saturated rings. The van der Waals surface area contributed by atoms with Crippen molar-refractivity contribution in [2.45, 2.75) is 32.9 Å². The number of hydrogen-bond acceptors (Lipinski definition) is 3. The standard InChI is InChI=1S/C15H23N3O/c1-10(2)8-16-11(3)15(19)12-5-6-14-13(7-12)17-9-18(14)4/h5-7,9-11,15-16,19H,8H2,1-4H3. The number of imidazole rings is 1. The van der Waals surface area contributed by atoms with Crippen LogP contribution in [0.2, 0.25) is 0 Å². The SMILES string of the molecule is CC(C)CNC(C)C(O)c1ccc2c(c1)ncn2C. The molecule has 0 aliphatic heterocycles. The number of nitrogens with zero attached hydrogens (tertiary/aromatic N) is 2. The van der Waals surface area contributed by atoms with Gasteiger partial charge in [0.15, 0.2) is 0 Å². The quantitative estimate of drug-likeness (QED) is 0.868.